The first-order valence-electron chi connectivity index (χ1n) is 10.3. The zero-order valence-corrected chi connectivity index (χ0v) is 19.6. The number of pyridine rings is 1. The van der Waals surface area contributed by atoms with Crippen molar-refractivity contribution in [3.8, 4) is 0 Å². The van der Waals surface area contributed by atoms with E-state index >= 15 is 0 Å². The molecule has 8 nitrogen and oxygen atoms in total. The Kier molecular flexibility index (Phi) is 9.01. The molecule has 4 N–H and O–H groups in total. The highest BCUT2D eigenvalue weighted by molar-refractivity contribution is 9.10. The first kappa shape index (κ1) is 26.8. The van der Waals surface area contributed by atoms with Crippen molar-refractivity contribution in [2.45, 2.75) is 57.3 Å². The summed E-state index contributed by atoms with van der Waals surface area (Å²) in [6.45, 7) is 6.21. The molecule has 2 amide bonds. The number of alkyl halides is 3. The van der Waals surface area contributed by atoms with Gasteiger partial charge in [0.15, 0.2) is 0 Å². The van der Waals surface area contributed by atoms with Gasteiger partial charge in [0.2, 0.25) is 11.8 Å². The number of anilines is 1. The van der Waals surface area contributed by atoms with Gasteiger partial charge in [-0.1, -0.05) is 12.1 Å². The number of rotatable bonds is 8. The molecule has 2 fully saturated rings. The van der Waals surface area contributed by atoms with Crippen molar-refractivity contribution in [3.63, 3.8) is 0 Å². The molecule has 1 aromatic heterocycles. The number of aliphatic carboxylic acids is 1. The summed E-state index contributed by atoms with van der Waals surface area (Å²) in [4.78, 5) is 37.7. The molecule has 0 bridgehead atoms. The summed E-state index contributed by atoms with van der Waals surface area (Å²) in [6, 6.07) is 3.82. The molecule has 0 aromatic carbocycles. The molecule has 12 heteroatoms. The highest BCUT2D eigenvalue weighted by Crippen LogP contribution is 2.54. The lowest BCUT2D eigenvalue weighted by Gasteiger charge is -2.17. The minimum absolute atomic E-state index is 0.0237. The minimum atomic E-state index is -5.08. The lowest BCUT2D eigenvalue weighted by atomic mass is 9.99. The highest BCUT2D eigenvalue weighted by atomic mass is 79.9. The van der Waals surface area contributed by atoms with Gasteiger partial charge in [0.25, 0.3) is 0 Å². The molecule has 3 atom stereocenters. The Labute approximate surface area is 197 Å². The van der Waals surface area contributed by atoms with Crippen LogP contribution in [0.3, 0.4) is 0 Å². The Hall–Kier alpha value is -2.47. The van der Waals surface area contributed by atoms with E-state index in [0.29, 0.717) is 29.4 Å². The second kappa shape index (κ2) is 11.1. The lowest BCUT2D eigenvalue weighted by Crippen LogP contribution is -2.38. The number of fused-ring (bicyclic) bond motifs is 1. The molecular formula is C21H26BrF3N4O4. The summed E-state index contributed by atoms with van der Waals surface area (Å²) in [6.07, 6.45) is 0.705. The lowest BCUT2D eigenvalue weighted by molar-refractivity contribution is -0.192. The molecule has 0 unspecified atom stereocenters. The van der Waals surface area contributed by atoms with Crippen LogP contribution in [-0.4, -0.2) is 52.7 Å². The molecule has 3 rings (SSSR count). The van der Waals surface area contributed by atoms with Crippen LogP contribution >= 0.6 is 15.9 Å². The number of carboxylic acids is 1. The van der Waals surface area contributed by atoms with E-state index in [-0.39, 0.29) is 23.3 Å². The fourth-order valence-electron chi connectivity index (χ4n) is 3.56. The first-order chi connectivity index (χ1) is 15.4. The number of nitrogens with one attached hydrogen (secondary N) is 3. The average molecular weight is 535 g/mol. The third-order valence-electron chi connectivity index (χ3n) is 5.52. The van der Waals surface area contributed by atoms with Crippen molar-refractivity contribution in [1.29, 1.82) is 0 Å². The van der Waals surface area contributed by atoms with E-state index in [1.807, 2.05) is 25.1 Å². The van der Waals surface area contributed by atoms with Crippen LogP contribution in [0.4, 0.5) is 19.0 Å². The van der Waals surface area contributed by atoms with Crippen LogP contribution in [0.15, 0.2) is 29.4 Å². The largest absolute Gasteiger partial charge is 0.490 e. The van der Waals surface area contributed by atoms with Gasteiger partial charge in [-0.05, 0) is 60.2 Å². The number of allylic oxidation sites excluding steroid dienone is 1. The molecular weight excluding hydrogens is 509 g/mol. The predicted octanol–water partition coefficient (Wildman–Crippen LogP) is 3.32. The van der Waals surface area contributed by atoms with E-state index in [9.17, 15) is 22.8 Å². The molecule has 1 saturated heterocycles. The Bertz CT molecular complexity index is 912. The fraction of sp³-hybridized carbons (Fsp3) is 0.524. The number of hydrogen-bond acceptors (Lipinski definition) is 5. The maximum Gasteiger partial charge on any atom is 0.490 e. The standard InChI is InChI=1S/C19H25BrN4O2.C2HF3O2/c1-3-4-5-6-16(25)21-11-19-9-13(22-14(19)10-19)18(26)24-17-12(2)7-8-15(20)23-17;3-2(4,5)1(6)7/h3,7-8,13-14,22H,1,4-6,9-11H2,2H3,(H,21,25)(H,23,24,26);(H,6,7)/t13-,14+,19-;/m0./s1. The maximum atomic E-state index is 12.6. The molecule has 0 spiro atoms. The first-order valence-corrected chi connectivity index (χ1v) is 11.0. The van der Waals surface area contributed by atoms with E-state index in [0.717, 1.165) is 31.2 Å². The van der Waals surface area contributed by atoms with Gasteiger partial charge < -0.3 is 21.1 Å². The van der Waals surface area contributed by atoms with Gasteiger partial charge >= 0.3 is 12.1 Å². The number of hydrogen-bond donors (Lipinski definition) is 4. The van der Waals surface area contributed by atoms with Crippen LogP contribution in [0.5, 0.6) is 0 Å². The summed E-state index contributed by atoms with van der Waals surface area (Å²) in [5, 5.41) is 16.4. The number of nitrogens with zero attached hydrogens (tertiary/aromatic N) is 1. The van der Waals surface area contributed by atoms with E-state index in [2.05, 4.69) is 43.4 Å². The van der Waals surface area contributed by atoms with Gasteiger partial charge in [-0.15, -0.1) is 6.58 Å². The number of aryl methyl sites for hydroxylation is 1. The monoisotopic (exact) mass is 534 g/mol. The Balaban J connectivity index is 0.000000479. The summed E-state index contributed by atoms with van der Waals surface area (Å²) in [5.74, 6) is -2.17. The molecule has 1 aliphatic carbocycles. The summed E-state index contributed by atoms with van der Waals surface area (Å²) >= 11 is 3.33. The molecule has 1 aliphatic heterocycles. The van der Waals surface area contributed by atoms with E-state index in [4.69, 9.17) is 9.90 Å². The zero-order valence-electron chi connectivity index (χ0n) is 18.0. The normalized spacial score (nSPS) is 22.9. The van der Waals surface area contributed by atoms with E-state index in [1.165, 1.54) is 0 Å². The molecule has 1 aromatic rings. The fourth-order valence-corrected chi connectivity index (χ4v) is 3.87. The quantitative estimate of drug-likeness (QED) is 0.230. The van der Waals surface area contributed by atoms with Crippen LogP contribution in [-0.2, 0) is 14.4 Å². The molecule has 2 heterocycles. The number of aromatic nitrogens is 1. The molecule has 1 saturated carbocycles. The van der Waals surface area contributed by atoms with Crippen molar-refractivity contribution in [2.75, 3.05) is 11.9 Å². The van der Waals surface area contributed by atoms with Gasteiger partial charge in [-0.2, -0.15) is 13.2 Å². The third-order valence-corrected chi connectivity index (χ3v) is 5.96. The van der Waals surface area contributed by atoms with Crippen LogP contribution in [0, 0.1) is 12.3 Å². The summed E-state index contributed by atoms with van der Waals surface area (Å²) in [5.41, 5.74) is 0.946. The summed E-state index contributed by atoms with van der Waals surface area (Å²) < 4.78 is 32.4. The van der Waals surface area contributed by atoms with Crippen molar-refractivity contribution in [1.82, 2.24) is 15.6 Å². The number of carboxylic acid groups (broad SMARTS) is 1. The highest BCUT2D eigenvalue weighted by Gasteiger charge is 2.61. The second-order valence-electron chi connectivity index (χ2n) is 8.09. The molecule has 0 radical (unpaired) electrons. The number of amides is 2. The van der Waals surface area contributed by atoms with Crippen molar-refractivity contribution < 1.29 is 32.7 Å². The Morgan fingerprint density at radius 2 is 2.03 bits per heavy atom. The van der Waals surface area contributed by atoms with Crippen LogP contribution in [0.2, 0.25) is 0 Å². The topological polar surface area (TPSA) is 120 Å². The molecule has 33 heavy (non-hydrogen) atoms. The predicted molar refractivity (Wildman–Crippen MR) is 118 cm³/mol. The molecule has 182 valence electrons. The van der Waals surface area contributed by atoms with Gasteiger partial charge in [0.1, 0.15) is 10.4 Å². The maximum absolute atomic E-state index is 12.6. The van der Waals surface area contributed by atoms with Gasteiger partial charge in [0.05, 0.1) is 6.04 Å². The number of piperidine rings is 1. The van der Waals surface area contributed by atoms with Crippen molar-refractivity contribution in [2.24, 2.45) is 5.41 Å². The minimum Gasteiger partial charge on any atom is -0.475 e. The SMILES string of the molecule is C=CCCCC(=O)NC[C@@]12C[C@@H](C(=O)Nc3nc(Br)ccc3C)N[C@@H]1C2.O=C(O)C(F)(F)F. The van der Waals surface area contributed by atoms with Gasteiger partial charge in [0, 0.05) is 24.4 Å². The number of unbranched alkanes of at least 4 members (excludes halogenated alkanes) is 1. The Morgan fingerprint density at radius 1 is 1.36 bits per heavy atom. The molecule has 2 aliphatic rings. The number of carbonyl (C=O) groups is 3. The smallest absolute Gasteiger partial charge is 0.475 e. The summed E-state index contributed by atoms with van der Waals surface area (Å²) in [7, 11) is 0. The second-order valence-corrected chi connectivity index (χ2v) is 8.90. The van der Waals surface area contributed by atoms with Crippen LogP contribution in [0.25, 0.3) is 0 Å². The van der Waals surface area contributed by atoms with E-state index < -0.39 is 12.1 Å². The van der Waals surface area contributed by atoms with Gasteiger partial charge in [-0.25, -0.2) is 9.78 Å². The third kappa shape index (κ3) is 7.81. The number of halogens is 4. The van der Waals surface area contributed by atoms with Crippen LogP contribution < -0.4 is 16.0 Å². The zero-order chi connectivity index (χ0) is 24.8. The Morgan fingerprint density at radius 3 is 2.64 bits per heavy atom. The number of carbonyl (C=O) groups excluding carboxylic acids is 2. The van der Waals surface area contributed by atoms with Crippen LogP contribution in [0.1, 0.15) is 37.7 Å². The van der Waals surface area contributed by atoms with Gasteiger partial charge in [-0.3, -0.25) is 9.59 Å². The average Bonchev–Trinajstić information content (AvgIpc) is 3.28. The van der Waals surface area contributed by atoms with E-state index in [1.54, 1.807) is 0 Å². The van der Waals surface area contributed by atoms with Crippen molar-refractivity contribution >= 4 is 39.5 Å². The van der Waals surface area contributed by atoms with Crippen molar-refractivity contribution in [3.05, 3.63) is 35.0 Å².